The number of rotatable bonds is 7. The van der Waals surface area contributed by atoms with Gasteiger partial charge in [0.1, 0.15) is 0 Å². The van der Waals surface area contributed by atoms with E-state index in [1.54, 1.807) is 0 Å². The standard InChI is InChI=1S/C21H24ClNO3S2Si/c1-16(20-23-15-19(27-20)28(22,24)25)14-21(2,3)29(26,17-10-6-4-7-11-17)18-12-8-5-9-13-18/h4-13,15-16,26H,14H2,1-3H3. The van der Waals surface area contributed by atoms with E-state index < -0.39 is 22.4 Å². The van der Waals surface area contributed by atoms with Crippen molar-refractivity contribution < 1.29 is 13.2 Å². The van der Waals surface area contributed by atoms with Crippen molar-refractivity contribution in [2.75, 3.05) is 0 Å². The highest BCUT2D eigenvalue weighted by Gasteiger charge is 2.50. The van der Waals surface area contributed by atoms with Gasteiger partial charge in [-0.05, 0) is 21.8 Å². The van der Waals surface area contributed by atoms with Gasteiger partial charge in [0.2, 0.25) is 0 Å². The molecule has 4 nitrogen and oxygen atoms in total. The van der Waals surface area contributed by atoms with E-state index in [4.69, 9.17) is 10.7 Å². The Morgan fingerprint density at radius 1 is 1.07 bits per heavy atom. The molecule has 0 aliphatic heterocycles. The zero-order valence-corrected chi connectivity index (χ0v) is 19.9. The summed E-state index contributed by atoms with van der Waals surface area (Å²) in [5, 5.41) is 2.16. The zero-order valence-electron chi connectivity index (χ0n) is 16.5. The molecular weight excluding hydrogens is 442 g/mol. The molecule has 0 bridgehead atoms. The number of benzene rings is 2. The van der Waals surface area contributed by atoms with Crippen molar-refractivity contribution in [1.82, 2.24) is 4.98 Å². The molecule has 0 saturated carbocycles. The SMILES string of the molecule is CC(CC(C)(C)[Si](O)(c1ccccc1)c1ccccc1)c1ncc(S(=O)(=O)Cl)s1. The van der Waals surface area contributed by atoms with E-state index in [1.807, 2.05) is 67.6 Å². The van der Waals surface area contributed by atoms with E-state index in [0.717, 1.165) is 21.7 Å². The fourth-order valence-electron chi connectivity index (χ4n) is 3.92. The molecule has 1 unspecified atom stereocenters. The van der Waals surface area contributed by atoms with E-state index in [-0.39, 0.29) is 10.1 Å². The Kier molecular flexibility index (Phi) is 6.36. The molecule has 0 spiro atoms. The van der Waals surface area contributed by atoms with Crippen LogP contribution in [0, 0.1) is 0 Å². The zero-order chi connectivity index (χ0) is 21.3. The highest BCUT2D eigenvalue weighted by Crippen LogP contribution is 2.44. The highest BCUT2D eigenvalue weighted by molar-refractivity contribution is 8.15. The molecule has 1 aromatic heterocycles. The summed E-state index contributed by atoms with van der Waals surface area (Å²) in [5.41, 5.74) is 0. The summed E-state index contributed by atoms with van der Waals surface area (Å²) in [4.78, 5) is 16.5. The largest absolute Gasteiger partial charge is 0.424 e. The number of aromatic nitrogens is 1. The van der Waals surface area contributed by atoms with Crippen molar-refractivity contribution in [3.63, 3.8) is 0 Å². The Morgan fingerprint density at radius 3 is 1.97 bits per heavy atom. The monoisotopic (exact) mass is 465 g/mol. The van der Waals surface area contributed by atoms with Gasteiger partial charge in [0, 0.05) is 16.6 Å². The minimum Gasteiger partial charge on any atom is -0.424 e. The van der Waals surface area contributed by atoms with Gasteiger partial charge in [-0.1, -0.05) is 81.4 Å². The van der Waals surface area contributed by atoms with Crippen LogP contribution in [0.4, 0.5) is 0 Å². The maximum absolute atomic E-state index is 12.2. The van der Waals surface area contributed by atoms with Crippen LogP contribution in [0.2, 0.25) is 5.04 Å². The Balaban J connectivity index is 2.00. The Morgan fingerprint density at radius 2 is 1.55 bits per heavy atom. The van der Waals surface area contributed by atoms with Crippen LogP contribution in [-0.4, -0.2) is 26.5 Å². The average molecular weight is 466 g/mol. The van der Waals surface area contributed by atoms with Crippen LogP contribution >= 0.6 is 22.0 Å². The van der Waals surface area contributed by atoms with Gasteiger partial charge < -0.3 is 4.80 Å². The molecule has 29 heavy (non-hydrogen) atoms. The summed E-state index contributed by atoms with van der Waals surface area (Å²) in [5.74, 6) is -0.0337. The first kappa shape index (κ1) is 22.2. The number of hydrogen-bond donors (Lipinski definition) is 1. The third kappa shape index (κ3) is 4.49. The fraction of sp³-hybridized carbons (Fsp3) is 0.286. The number of halogens is 1. The molecule has 0 amide bonds. The third-order valence-electron chi connectivity index (χ3n) is 5.34. The lowest BCUT2D eigenvalue weighted by Gasteiger charge is -2.42. The van der Waals surface area contributed by atoms with Crippen LogP contribution < -0.4 is 10.4 Å². The Hall–Kier alpha value is -1.51. The quantitative estimate of drug-likeness (QED) is 0.421. The van der Waals surface area contributed by atoms with Crippen molar-refractivity contribution in [2.45, 2.75) is 42.4 Å². The van der Waals surface area contributed by atoms with E-state index in [0.29, 0.717) is 11.4 Å². The van der Waals surface area contributed by atoms with E-state index >= 15 is 0 Å². The molecule has 3 rings (SSSR count). The first-order chi connectivity index (χ1) is 13.6. The van der Waals surface area contributed by atoms with E-state index in [1.165, 1.54) is 6.20 Å². The summed E-state index contributed by atoms with van der Waals surface area (Å²) in [6.45, 7) is 6.18. The smallest absolute Gasteiger partial charge is 0.272 e. The minimum atomic E-state index is -3.79. The molecule has 0 aliphatic rings. The third-order valence-corrected chi connectivity index (χ3v) is 13.1. The Bertz CT molecular complexity index is 1030. The number of hydrogen-bond acceptors (Lipinski definition) is 5. The summed E-state index contributed by atoms with van der Waals surface area (Å²) >= 11 is 1.09. The summed E-state index contributed by atoms with van der Waals surface area (Å²) < 4.78 is 23.2. The molecule has 0 aliphatic carbocycles. The van der Waals surface area contributed by atoms with Gasteiger partial charge in [0.05, 0.1) is 11.2 Å². The normalized spacial score (nSPS) is 14.0. The summed E-state index contributed by atoms with van der Waals surface area (Å²) in [7, 11) is -1.46. The summed E-state index contributed by atoms with van der Waals surface area (Å²) in [6, 6.07) is 19.7. The molecule has 0 radical (unpaired) electrons. The molecule has 0 fully saturated rings. The van der Waals surface area contributed by atoms with Gasteiger partial charge in [0.15, 0.2) is 4.21 Å². The van der Waals surface area contributed by atoms with Crippen molar-refractivity contribution in [3.05, 3.63) is 71.9 Å². The van der Waals surface area contributed by atoms with Gasteiger partial charge in [-0.25, -0.2) is 13.4 Å². The van der Waals surface area contributed by atoms with Crippen LogP contribution in [0.25, 0.3) is 0 Å². The van der Waals surface area contributed by atoms with Crippen molar-refractivity contribution in [1.29, 1.82) is 0 Å². The molecule has 1 heterocycles. The van der Waals surface area contributed by atoms with Crippen molar-refractivity contribution in [3.8, 4) is 0 Å². The van der Waals surface area contributed by atoms with Crippen LogP contribution in [0.15, 0.2) is 71.1 Å². The van der Waals surface area contributed by atoms with Crippen LogP contribution in [0.1, 0.15) is 38.1 Å². The fourth-order valence-corrected chi connectivity index (χ4v) is 9.70. The van der Waals surface area contributed by atoms with Gasteiger partial charge in [0.25, 0.3) is 17.4 Å². The molecule has 0 saturated heterocycles. The van der Waals surface area contributed by atoms with E-state index in [9.17, 15) is 13.2 Å². The van der Waals surface area contributed by atoms with Gasteiger partial charge in [-0.2, -0.15) is 0 Å². The van der Waals surface area contributed by atoms with Crippen molar-refractivity contribution >= 4 is 49.8 Å². The minimum absolute atomic E-state index is 0.0337. The van der Waals surface area contributed by atoms with Crippen LogP contribution in [0.5, 0.6) is 0 Å². The lowest BCUT2D eigenvalue weighted by molar-refractivity contribution is 0.443. The Labute approximate surface area is 181 Å². The predicted molar refractivity (Wildman–Crippen MR) is 122 cm³/mol. The first-order valence-electron chi connectivity index (χ1n) is 9.29. The van der Waals surface area contributed by atoms with Crippen LogP contribution in [0.3, 0.4) is 0 Å². The van der Waals surface area contributed by atoms with Gasteiger partial charge >= 0.3 is 0 Å². The number of nitrogens with zero attached hydrogens (tertiary/aromatic N) is 1. The maximum atomic E-state index is 12.2. The topological polar surface area (TPSA) is 67.3 Å². The molecule has 1 atom stereocenters. The second kappa shape index (κ2) is 8.32. The molecule has 8 heteroatoms. The summed E-state index contributed by atoms with van der Waals surface area (Å²) in [6.07, 6.45) is 1.96. The molecule has 2 aromatic carbocycles. The lowest BCUT2D eigenvalue weighted by Crippen LogP contribution is -2.65. The molecule has 3 aromatic rings. The predicted octanol–water partition coefficient (Wildman–Crippen LogP) is 4.10. The second-order valence-electron chi connectivity index (χ2n) is 7.89. The van der Waals surface area contributed by atoms with Crippen LogP contribution in [-0.2, 0) is 9.05 Å². The van der Waals surface area contributed by atoms with Crippen molar-refractivity contribution in [2.24, 2.45) is 0 Å². The highest BCUT2D eigenvalue weighted by atomic mass is 35.7. The average Bonchev–Trinajstić information content (AvgIpc) is 3.19. The molecule has 1 N–H and O–H groups in total. The second-order valence-corrected chi connectivity index (χ2v) is 15.7. The number of thiazole rings is 1. The maximum Gasteiger partial charge on any atom is 0.272 e. The lowest BCUT2D eigenvalue weighted by atomic mass is 9.98. The first-order valence-corrected chi connectivity index (χ1v) is 14.4. The van der Waals surface area contributed by atoms with E-state index in [2.05, 4.69) is 18.8 Å². The molecular formula is C21H24ClNO3S2Si. The van der Waals surface area contributed by atoms with Gasteiger partial charge in [-0.15, -0.1) is 11.3 Å². The van der Waals surface area contributed by atoms with Gasteiger partial charge in [-0.3, -0.25) is 0 Å². The molecule has 154 valence electrons.